The molecule has 0 fully saturated rings. The molecule has 0 heterocycles. The fraction of sp³-hybridized carbons (Fsp3) is 0.200. The summed E-state index contributed by atoms with van der Waals surface area (Å²) in [6, 6.07) is 10.2. The van der Waals surface area contributed by atoms with E-state index in [0.717, 1.165) is 6.07 Å². The molecule has 2 aromatic carbocycles. The standard InChI is InChI=1S/C15H14F4N2/c16-11-5-3-4-10(8-11)9-14(21-20)12-6-1-2-7-13(12)15(17,18)19/h1-8,14,21H,9,20H2. The molecule has 0 aliphatic carbocycles. The number of nitrogens with one attached hydrogen (secondary N) is 1. The number of alkyl halides is 3. The molecule has 6 heteroatoms. The van der Waals surface area contributed by atoms with Gasteiger partial charge in [0.25, 0.3) is 0 Å². The summed E-state index contributed by atoms with van der Waals surface area (Å²) in [5.41, 5.74) is 2.23. The zero-order chi connectivity index (χ0) is 15.5. The number of nitrogens with two attached hydrogens (primary N) is 1. The van der Waals surface area contributed by atoms with E-state index >= 15 is 0 Å². The molecular weight excluding hydrogens is 284 g/mol. The van der Waals surface area contributed by atoms with Crippen molar-refractivity contribution in [1.82, 2.24) is 5.43 Å². The summed E-state index contributed by atoms with van der Waals surface area (Å²) in [5.74, 6) is 4.95. The fourth-order valence-corrected chi connectivity index (χ4v) is 2.22. The van der Waals surface area contributed by atoms with Gasteiger partial charge in [-0.2, -0.15) is 13.2 Å². The first-order chi connectivity index (χ1) is 9.91. The van der Waals surface area contributed by atoms with Gasteiger partial charge in [0.05, 0.1) is 11.6 Å². The normalized spacial score (nSPS) is 13.2. The van der Waals surface area contributed by atoms with Crippen LogP contribution in [0.1, 0.15) is 22.7 Å². The molecular formula is C15H14F4N2. The van der Waals surface area contributed by atoms with Crippen LogP contribution >= 0.6 is 0 Å². The zero-order valence-corrected chi connectivity index (χ0v) is 11.0. The zero-order valence-electron chi connectivity index (χ0n) is 11.0. The first kappa shape index (κ1) is 15.5. The van der Waals surface area contributed by atoms with Gasteiger partial charge in [0.2, 0.25) is 0 Å². The summed E-state index contributed by atoms with van der Waals surface area (Å²) in [6.45, 7) is 0. The fourth-order valence-electron chi connectivity index (χ4n) is 2.22. The number of halogens is 4. The first-order valence-electron chi connectivity index (χ1n) is 6.28. The van der Waals surface area contributed by atoms with Gasteiger partial charge in [-0.05, 0) is 35.7 Å². The maximum atomic E-state index is 13.2. The Labute approximate surface area is 119 Å². The van der Waals surface area contributed by atoms with Crippen molar-refractivity contribution >= 4 is 0 Å². The molecule has 0 aliphatic rings. The Kier molecular flexibility index (Phi) is 4.59. The van der Waals surface area contributed by atoms with Crippen molar-refractivity contribution in [3.05, 3.63) is 71.0 Å². The molecule has 112 valence electrons. The molecule has 1 unspecified atom stereocenters. The van der Waals surface area contributed by atoms with Gasteiger partial charge in [-0.3, -0.25) is 11.3 Å². The average molecular weight is 298 g/mol. The van der Waals surface area contributed by atoms with Crippen LogP contribution in [0, 0.1) is 5.82 Å². The van der Waals surface area contributed by atoms with Gasteiger partial charge in [0, 0.05) is 0 Å². The van der Waals surface area contributed by atoms with E-state index in [9.17, 15) is 17.6 Å². The van der Waals surface area contributed by atoms with Gasteiger partial charge in [-0.15, -0.1) is 0 Å². The second-order valence-corrected chi connectivity index (χ2v) is 4.64. The van der Waals surface area contributed by atoms with Crippen molar-refractivity contribution < 1.29 is 17.6 Å². The highest BCUT2D eigenvalue weighted by Crippen LogP contribution is 2.35. The number of hydrogen-bond donors (Lipinski definition) is 2. The Balaban J connectivity index is 2.34. The smallest absolute Gasteiger partial charge is 0.271 e. The average Bonchev–Trinajstić information content (AvgIpc) is 2.44. The SMILES string of the molecule is NNC(Cc1cccc(F)c1)c1ccccc1C(F)(F)F. The summed E-state index contributed by atoms with van der Waals surface area (Å²) < 4.78 is 52.2. The minimum absolute atomic E-state index is 0.0387. The van der Waals surface area contributed by atoms with Gasteiger partial charge in [-0.25, -0.2) is 4.39 Å². The Hall–Kier alpha value is -1.92. The lowest BCUT2D eigenvalue weighted by Gasteiger charge is -2.21. The lowest BCUT2D eigenvalue weighted by atomic mass is 9.95. The van der Waals surface area contributed by atoms with E-state index in [1.54, 1.807) is 6.07 Å². The van der Waals surface area contributed by atoms with Gasteiger partial charge < -0.3 is 0 Å². The van der Waals surface area contributed by atoms with Crippen LogP contribution in [0.25, 0.3) is 0 Å². The van der Waals surface area contributed by atoms with E-state index in [1.807, 2.05) is 0 Å². The predicted molar refractivity (Wildman–Crippen MR) is 71.6 cm³/mol. The summed E-state index contributed by atoms with van der Waals surface area (Å²) >= 11 is 0. The van der Waals surface area contributed by atoms with Crippen LogP contribution in [0.3, 0.4) is 0 Å². The second-order valence-electron chi connectivity index (χ2n) is 4.64. The molecule has 2 nitrogen and oxygen atoms in total. The quantitative estimate of drug-likeness (QED) is 0.514. The summed E-state index contributed by atoms with van der Waals surface area (Å²) in [4.78, 5) is 0. The number of hydrogen-bond acceptors (Lipinski definition) is 2. The van der Waals surface area contributed by atoms with Gasteiger partial charge >= 0.3 is 6.18 Å². The van der Waals surface area contributed by atoms with Gasteiger partial charge in [0.15, 0.2) is 0 Å². The van der Waals surface area contributed by atoms with E-state index in [2.05, 4.69) is 5.43 Å². The summed E-state index contributed by atoms with van der Waals surface area (Å²) in [6.07, 6.45) is -4.31. The molecule has 0 saturated heterocycles. The van der Waals surface area contributed by atoms with E-state index in [-0.39, 0.29) is 12.0 Å². The van der Waals surface area contributed by atoms with Gasteiger partial charge in [-0.1, -0.05) is 30.3 Å². The molecule has 1 atom stereocenters. The number of rotatable bonds is 4. The van der Waals surface area contributed by atoms with Crippen LogP contribution in [0.5, 0.6) is 0 Å². The third-order valence-corrected chi connectivity index (χ3v) is 3.17. The van der Waals surface area contributed by atoms with Crippen LogP contribution in [0.15, 0.2) is 48.5 Å². The summed E-state index contributed by atoms with van der Waals surface area (Å²) in [7, 11) is 0. The Bertz CT molecular complexity index is 611. The van der Waals surface area contributed by atoms with Crippen molar-refractivity contribution in [1.29, 1.82) is 0 Å². The molecule has 0 bridgehead atoms. The van der Waals surface area contributed by atoms with Crippen molar-refractivity contribution in [3.8, 4) is 0 Å². The molecule has 2 rings (SSSR count). The van der Waals surface area contributed by atoms with Crippen LogP contribution in [-0.4, -0.2) is 0 Å². The highest BCUT2D eigenvalue weighted by molar-refractivity contribution is 5.33. The van der Waals surface area contributed by atoms with Gasteiger partial charge in [0.1, 0.15) is 5.82 Å². The Morgan fingerprint density at radius 1 is 1.05 bits per heavy atom. The minimum Gasteiger partial charge on any atom is -0.271 e. The van der Waals surface area contributed by atoms with E-state index < -0.39 is 23.6 Å². The minimum atomic E-state index is -4.46. The molecule has 0 saturated carbocycles. The monoisotopic (exact) mass is 298 g/mol. The van der Waals surface area contributed by atoms with Crippen molar-refractivity contribution in [2.75, 3.05) is 0 Å². The Morgan fingerprint density at radius 2 is 1.76 bits per heavy atom. The number of benzene rings is 2. The third kappa shape index (κ3) is 3.80. The molecule has 0 amide bonds. The highest BCUT2D eigenvalue weighted by Gasteiger charge is 2.34. The third-order valence-electron chi connectivity index (χ3n) is 3.17. The first-order valence-corrected chi connectivity index (χ1v) is 6.28. The molecule has 3 N–H and O–H groups in total. The summed E-state index contributed by atoms with van der Waals surface area (Å²) in [5, 5.41) is 0. The van der Waals surface area contributed by atoms with E-state index in [4.69, 9.17) is 5.84 Å². The van der Waals surface area contributed by atoms with Crippen LogP contribution < -0.4 is 11.3 Å². The molecule has 21 heavy (non-hydrogen) atoms. The molecule has 0 aromatic heterocycles. The molecule has 2 aromatic rings. The van der Waals surface area contributed by atoms with E-state index in [0.29, 0.717) is 5.56 Å². The number of hydrazine groups is 1. The van der Waals surface area contributed by atoms with Crippen molar-refractivity contribution in [2.24, 2.45) is 5.84 Å². The van der Waals surface area contributed by atoms with Crippen LogP contribution in [0.4, 0.5) is 17.6 Å². The molecule has 0 aliphatic heterocycles. The molecule has 0 spiro atoms. The Morgan fingerprint density at radius 3 is 2.38 bits per heavy atom. The van der Waals surface area contributed by atoms with Crippen LogP contribution in [0.2, 0.25) is 0 Å². The maximum absolute atomic E-state index is 13.2. The highest BCUT2D eigenvalue weighted by atomic mass is 19.4. The lowest BCUT2D eigenvalue weighted by Crippen LogP contribution is -2.31. The predicted octanol–water partition coefficient (Wildman–Crippen LogP) is 3.59. The maximum Gasteiger partial charge on any atom is 0.416 e. The van der Waals surface area contributed by atoms with E-state index in [1.165, 1.54) is 36.4 Å². The van der Waals surface area contributed by atoms with Crippen molar-refractivity contribution in [2.45, 2.75) is 18.6 Å². The topological polar surface area (TPSA) is 38.0 Å². The lowest BCUT2D eigenvalue weighted by molar-refractivity contribution is -0.138. The molecule has 0 radical (unpaired) electrons. The van der Waals surface area contributed by atoms with Crippen LogP contribution in [-0.2, 0) is 12.6 Å². The largest absolute Gasteiger partial charge is 0.416 e. The second kappa shape index (κ2) is 6.24. The van der Waals surface area contributed by atoms with Crippen molar-refractivity contribution in [3.63, 3.8) is 0 Å².